The molecule has 2 aromatic rings. The van der Waals surface area contributed by atoms with E-state index in [0.29, 0.717) is 5.92 Å². The predicted octanol–water partition coefficient (Wildman–Crippen LogP) is 4.83. The minimum atomic E-state index is 0.0867. The van der Waals surface area contributed by atoms with Crippen LogP contribution in [-0.2, 0) is 10.2 Å². The molecule has 0 aliphatic carbocycles. The van der Waals surface area contributed by atoms with Crippen LogP contribution in [0.1, 0.15) is 50.7 Å². The van der Waals surface area contributed by atoms with Crippen molar-refractivity contribution in [1.82, 2.24) is 4.90 Å². The van der Waals surface area contributed by atoms with Gasteiger partial charge in [0, 0.05) is 13.1 Å². The number of rotatable bonds is 4. The van der Waals surface area contributed by atoms with Gasteiger partial charge in [0.05, 0.1) is 0 Å². The van der Waals surface area contributed by atoms with E-state index >= 15 is 0 Å². The molecular weight excluding hydrogens is 330 g/mol. The van der Waals surface area contributed by atoms with Gasteiger partial charge in [0.25, 0.3) is 5.91 Å². The zero-order valence-electron chi connectivity index (χ0n) is 15.3. The Kier molecular flexibility index (Phi) is 5.48. The Morgan fingerprint density at radius 3 is 2.40 bits per heavy atom. The standard InChI is InChI=1S/C21H27NO2S/c1-21(2,3)18-4-6-19(7-5-18)24-14-20(23)22-11-8-16(9-12-22)17-10-13-25-15-17/h4-7,10,13,15-16H,8-9,11-12,14H2,1-3H3. The van der Waals surface area contributed by atoms with Gasteiger partial charge in [-0.1, -0.05) is 32.9 Å². The first-order valence-electron chi connectivity index (χ1n) is 8.97. The molecule has 1 aliphatic heterocycles. The fourth-order valence-electron chi connectivity index (χ4n) is 3.26. The highest BCUT2D eigenvalue weighted by atomic mass is 32.1. The van der Waals surface area contributed by atoms with Gasteiger partial charge in [-0.3, -0.25) is 4.79 Å². The molecule has 134 valence electrons. The Bertz CT molecular complexity index is 678. The van der Waals surface area contributed by atoms with E-state index in [-0.39, 0.29) is 17.9 Å². The van der Waals surface area contributed by atoms with Crippen LogP contribution in [0.25, 0.3) is 0 Å². The van der Waals surface area contributed by atoms with Gasteiger partial charge in [-0.15, -0.1) is 0 Å². The molecule has 0 unspecified atom stereocenters. The lowest BCUT2D eigenvalue weighted by Crippen LogP contribution is -2.40. The van der Waals surface area contributed by atoms with Gasteiger partial charge >= 0.3 is 0 Å². The van der Waals surface area contributed by atoms with Crippen LogP contribution >= 0.6 is 11.3 Å². The van der Waals surface area contributed by atoms with Crippen molar-refractivity contribution in [3.63, 3.8) is 0 Å². The van der Waals surface area contributed by atoms with Crippen molar-refractivity contribution >= 4 is 17.2 Å². The summed E-state index contributed by atoms with van der Waals surface area (Å²) in [7, 11) is 0. The fraction of sp³-hybridized carbons (Fsp3) is 0.476. The second-order valence-electron chi connectivity index (χ2n) is 7.77. The number of nitrogens with zero attached hydrogens (tertiary/aromatic N) is 1. The first-order chi connectivity index (χ1) is 11.9. The molecule has 3 rings (SSSR count). The van der Waals surface area contributed by atoms with Crippen LogP contribution < -0.4 is 4.74 Å². The first kappa shape index (κ1) is 18.0. The number of amides is 1. The Balaban J connectivity index is 1.47. The maximum Gasteiger partial charge on any atom is 0.260 e. The Morgan fingerprint density at radius 2 is 1.84 bits per heavy atom. The second-order valence-corrected chi connectivity index (χ2v) is 8.55. The number of benzene rings is 1. The van der Waals surface area contributed by atoms with Crippen LogP contribution in [0.15, 0.2) is 41.1 Å². The van der Waals surface area contributed by atoms with Crippen LogP contribution in [0.5, 0.6) is 5.75 Å². The highest BCUT2D eigenvalue weighted by Gasteiger charge is 2.24. The third-order valence-electron chi connectivity index (χ3n) is 4.94. The Morgan fingerprint density at radius 1 is 1.16 bits per heavy atom. The zero-order chi connectivity index (χ0) is 17.9. The lowest BCUT2D eigenvalue weighted by Gasteiger charge is -2.31. The molecular formula is C21H27NO2S. The second kappa shape index (κ2) is 7.61. The van der Waals surface area contributed by atoms with Gasteiger partial charge in [-0.2, -0.15) is 11.3 Å². The molecule has 0 bridgehead atoms. The van der Waals surface area contributed by atoms with Gasteiger partial charge in [-0.25, -0.2) is 0 Å². The lowest BCUT2D eigenvalue weighted by molar-refractivity contribution is -0.134. The quantitative estimate of drug-likeness (QED) is 0.784. The smallest absolute Gasteiger partial charge is 0.260 e. The highest BCUT2D eigenvalue weighted by molar-refractivity contribution is 7.07. The molecule has 0 saturated carbocycles. The van der Waals surface area contributed by atoms with Crippen LogP contribution in [-0.4, -0.2) is 30.5 Å². The Labute approximate surface area is 154 Å². The fourth-order valence-corrected chi connectivity index (χ4v) is 4.00. The third-order valence-corrected chi connectivity index (χ3v) is 5.65. The van der Waals surface area contributed by atoms with Crippen molar-refractivity contribution in [3.05, 3.63) is 52.2 Å². The summed E-state index contributed by atoms with van der Waals surface area (Å²) in [4.78, 5) is 14.3. The predicted molar refractivity (Wildman–Crippen MR) is 104 cm³/mol. The van der Waals surface area contributed by atoms with Crippen molar-refractivity contribution in [2.24, 2.45) is 0 Å². The summed E-state index contributed by atoms with van der Waals surface area (Å²) in [6.07, 6.45) is 2.09. The van der Waals surface area contributed by atoms with E-state index in [1.807, 2.05) is 17.0 Å². The number of piperidine rings is 1. The number of hydrogen-bond donors (Lipinski definition) is 0. The SMILES string of the molecule is CC(C)(C)c1ccc(OCC(=O)N2CCC(c3ccsc3)CC2)cc1. The molecule has 1 saturated heterocycles. The topological polar surface area (TPSA) is 29.5 Å². The number of thiophene rings is 1. The third kappa shape index (κ3) is 4.63. The average molecular weight is 358 g/mol. The van der Waals surface area contributed by atoms with Crippen LogP contribution in [0.4, 0.5) is 0 Å². The monoisotopic (exact) mass is 357 g/mol. The Hall–Kier alpha value is -1.81. The lowest BCUT2D eigenvalue weighted by atomic mass is 9.87. The average Bonchev–Trinajstić information content (AvgIpc) is 3.14. The summed E-state index contributed by atoms with van der Waals surface area (Å²) >= 11 is 1.75. The summed E-state index contributed by atoms with van der Waals surface area (Å²) in [5.74, 6) is 1.44. The molecule has 1 amide bonds. The normalized spacial score (nSPS) is 16.0. The van der Waals surface area contributed by atoms with E-state index in [1.165, 1.54) is 11.1 Å². The molecule has 2 heterocycles. The first-order valence-corrected chi connectivity index (χ1v) is 9.91. The molecule has 0 N–H and O–H groups in total. The minimum Gasteiger partial charge on any atom is -0.484 e. The number of carbonyl (C=O) groups is 1. The molecule has 1 aromatic heterocycles. The minimum absolute atomic E-state index is 0.0867. The molecule has 4 heteroatoms. The van der Waals surface area contributed by atoms with Gasteiger partial charge in [-0.05, 0) is 64.3 Å². The summed E-state index contributed by atoms with van der Waals surface area (Å²) < 4.78 is 5.70. The van der Waals surface area contributed by atoms with E-state index in [0.717, 1.165) is 31.7 Å². The molecule has 3 nitrogen and oxygen atoms in total. The summed E-state index contributed by atoms with van der Waals surface area (Å²) in [5, 5.41) is 4.36. The van der Waals surface area contributed by atoms with Crippen molar-refractivity contribution in [3.8, 4) is 5.75 Å². The zero-order valence-corrected chi connectivity index (χ0v) is 16.1. The van der Waals surface area contributed by atoms with Crippen molar-refractivity contribution in [1.29, 1.82) is 0 Å². The summed E-state index contributed by atoms with van der Waals surface area (Å²) in [6, 6.07) is 10.3. The molecule has 1 aliphatic rings. The number of likely N-dealkylation sites (tertiary alicyclic amines) is 1. The molecule has 0 radical (unpaired) electrons. The van der Waals surface area contributed by atoms with Crippen molar-refractivity contribution in [2.45, 2.75) is 44.9 Å². The van der Waals surface area contributed by atoms with Crippen LogP contribution in [0, 0.1) is 0 Å². The number of carbonyl (C=O) groups excluding carboxylic acids is 1. The molecule has 0 spiro atoms. The molecule has 1 aromatic carbocycles. The molecule has 0 atom stereocenters. The van der Waals surface area contributed by atoms with E-state index in [4.69, 9.17) is 4.74 Å². The van der Waals surface area contributed by atoms with E-state index in [9.17, 15) is 4.79 Å². The van der Waals surface area contributed by atoms with Crippen LogP contribution in [0.3, 0.4) is 0 Å². The van der Waals surface area contributed by atoms with E-state index in [1.54, 1.807) is 11.3 Å². The van der Waals surface area contributed by atoms with Crippen LogP contribution in [0.2, 0.25) is 0 Å². The molecule has 25 heavy (non-hydrogen) atoms. The highest BCUT2D eigenvalue weighted by Crippen LogP contribution is 2.29. The number of hydrogen-bond acceptors (Lipinski definition) is 3. The molecule has 1 fully saturated rings. The van der Waals surface area contributed by atoms with Gasteiger partial charge in [0.15, 0.2) is 6.61 Å². The van der Waals surface area contributed by atoms with E-state index < -0.39 is 0 Å². The summed E-state index contributed by atoms with van der Waals surface area (Å²) in [5.41, 5.74) is 2.81. The number of ether oxygens (including phenoxy) is 1. The van der Waals surface area contributed by atoms with Gasteiger partial charge in [0.2, 0.25) is 0 Å². The van der Waals surface area contributed by atoms with Gasteiger partial charge < -0.3 is 9.64 Å². The maximum absolute atomic E-state index is 12.4. The largest absolute Gasteiger partial charge is 0.484 e. The van der Waals surface area contributed by atoms with Crippen molar-refractivity contribution < 1.29 is 9.53 Å². The van der Waals surface area contributed by atoms with Gasteiger partial charge in [0.1, 0.15) is 5.75 Å². The van der Waals surface area contributed by atoms with E-state index in [2.05, 4.69) is 49.7 Å². The van der Waals surface area contributed by atoms with Crippen molar-refractivity contribution in [2.75, 3.05) is 19.7 Å². The maximum atomic E-state index is 12.4. The summed E-state index contributed by atoms with van der Waals surface area (Å²) in [6.45, 7) is 8.33.